The molecule has 2 heterocycles. The quantitative estimate of drug-likeness (QED) is 0.752. The number of piperazine rings is 1. The number of nitrogens with zero attached hydrogens (tertiary/aromatic N) is 3. The molecule has 0 spiro atoms. The van der Waals surface area contributed by atoms with Crippen LogP contribution in [0.1, 0.15) is 26.7 Å². The van der Waals surface area contributed by atoms with E-state index < -0.39 is 11.7 Å². The molecule has 0 aromatic heterocycles. The summed E-state index contributed by atoms with van der Waals surface area (Å²) < 4.78 is 5.08. The van der Waals surface area contributed by atoms with Crippen LogP contribution in [0.3, 0.4) is 0 Å². The molecule has 2 saturated heterocycles. The molecule has 3 rings (SSSR count). The fourth-order valence-electron chi connectivity index (χ4n) is 2.95. The molecule has 1 aliphatic carbocycles. The molecule has 20 heavy (non-hydrogen) atoms. The fourth-order valence-corrected chi connectivity index (χ4v) is 2.95. The average molecular weight is 281 g/mol. The van der Waals surface area contributed by atoms with E-state index in [0.29, 0.717) is 6.54 Å². The summed E-state index contributed by atoms with van der Waals surface area (Å²) in [7, 11) is 0. The second-order valence-electron chi connectivity index (χ2n) is 6.44. The smallest absolute Gasteiger partial charge is 0.417 e. The van der Waals surface area contributed by atoms with Crippen LogP contribution in [0.2, 0.25) is 0 Å². The standard InChI is InChI=1S/C14H23N3O3/c1-14(2)12(18)17(13(19)20-14)10-7-15-5-8-16(9-6-15)11-3-4-11/h11H,3-10H2,1-2H3. The summed E-state index contributed by atoms with van der Waals surface area (Å²) in [5.41, 5.74) is -0.998. The minimum atomic E-state index is -0.998. The summed E-state index contributed by atoms with van der Waals surface area (Å²) in [5, 5.41) is 0. The molecule has 2 aliphatic heterocycles. The second-order valence-corrected chi connectivity index (χ2v) is 6.44. The van der Waals surface area contributed by atoms with Gasteiger partial charge in [-0.2, -0.15) is 0 Å². The molecular weight excluding hydrogens is 258 g/mol. The second kappa shape index (κ2) is 5.00. The highest BCUT2D eigenvalue weighted by Gasteiger charge is 2.46. The van der Waals surface area contributed by atoms with E-state index >= 15 is 0 Å². The summed E-state index contributed by atoms with van der Waals surface area (Å²) in [6, 6.07) is 0.827. The van der Waals surface area contributed by atoms with E-state index in [0.717, 1.165) is 38.8 Å². The Morgan fingerprint density at radius 2 is 1.75 bits per heavy atom. The van der Waals surface area contributed by atoms with Crippen LogP contribution in [0.25, 0.3) is 0 Å². The van der Waals surface area contributed by atoms with Crippen molar-refractivity contribution >= 4 is 12.0 Å². The molecule has 1 saturated carbocycles. The molecule has 0 N–H and O–H groups in total. The van der Waals surface area contributed by atoms with Crippen LogP contribution in [-0.2, 0) is 9.53 Å². The highest BCUT2D eigenvalue weighted by molar-refractivity contribution is 6.02. The first-order valence-electron chi connectivity index (χ1n) is 7.49. The third kappa shape index (κ3) is 2.67. The molecule has 0 radical (unpaired) electrons. The van der Waals surface area contributed by atoms with Gasteiger partial charge in [-0.05, 0) is 26.7 Å². The molecule has 6 heteroatoms. The van der Waals surface area contributed by atoms with E-state index in [1.807, 2.05) is 0 Å². The van der Waals surface area contributed by atoms with Crippen molar-refractivity contribution in [3.63, 3.8) is 0 Å². The van der Waals surface area contributed by atoms with Crippen LogP contribution in [0, 0.1) is 0 Å². The SMILES string of the molecule is CC1(C)OC(=O)N(CCN2CCN(C3CC3)CC2)C1=O. The summed E-state index contributed by atoms with van der Waals surface area (Å²) in [5.74, 6) is -0.223. The molecule has 2 amide bonds. The number of hydrogen-bond donors (Lipinski definition) is 0. The van der Waals surface area contributed by atoms with Gasteiger partial charge in [0.15, 0.2) is 5.60 Å². The summed E-state index contributed by atoms with van der Waals surface area (Å²) in [6.45, 7) is 8.72. The van der Waals surface area contributed by atoms with Crippen LogP contribution < -0.4 is 0 Å². The lowest BCUT2D eigenvalue weighted by Gasteiger charge is -2.35. The third-order valence-electron chi connectivity index (χ3n) is 4.43. The van der Waals surface area contributed by atoms with Gasteiger partial charge in [0.25, 0.3) is 5.91 Å². The Morgan fingerprint density at radius 1 is 1.10 bits per heavy atom. The first-order valence-corrected chi connectivity index (χ1v) is 7.49. The summed E-state index contributed by atoms with van der Waals surface area (Å²) in [6.07, 6.45) is 2.20. The maximum Gasteiger partial charge on any atom is 0.417 e. The van der Waals surface area contributed by atoms with Crippen LogP contribution >= 0.6 is 0 Å². The molecule has 6 nitrogen and oxygen atoms in total. The predicted octanol–water partition coefficient (Wildman–Crippen LogP) is 0.524. The minimum absolute atomic E-state index is 0.223. The number of imide groups is 1. The zero-order chi connectivity index (χ0) is 14.3. The first-order chi connectivity index (χ1) is 9.47. The largest absolute Gasteiger partial charge is 0.433 e. The van der Waals surface area contributed by atoms with E-state index in [1.54, 1.807) is 13.8 Å². The maximum absolute atomic E-state index is 12.0. The summed E-state index contributed by atoms with van der Waals surface area (Å²) >= 11 is 0. The maximum atomic E-state index is 12.0. The van der Waals surface area contributed by atoms with Gasteiger partial charge in [0.05, 0.1) is 0 Å². The molecule has 112 valence electrons. The van der Waals surface area contributed by atoms with E-state index in [4.69, 9.17) is 4.74 Å². The highest BCUT2D eigenvalue weighted by Crippen LogP contribution is 2.27. The van der Waals surface area contributed by atoms with Crippen molar-refractivity contribution in [2.45, 2.75) is 38.3 Å². The van der Waals surface area contributed by atoms with Gasteiger partial charge in [-0.1, -0.05) is 0 Å². The van der Waals surface area contributed by atoms with Gasteiger partial charge in [-0.3, -0.25) is 14.6 Å². The Kier molecular flexibility index (Phi) is 3.46. The Bertz CT molecular complexity index is 412. The van der Waals surface area contributed by atoms with E-state index in [2.05, 4.69) is 9.80 Å². The topological polar surface area (TPSA) is 53.1 Å². The molecule has 0 aromatic rings. The van der Waals surface area contributed by atoms with Crippen LogP contribution in [0.15, 0.2) is 0 Å². The van der Waals surface area contributed by atoms with Gasteiger partial charge < -0.3 is 4.74 Å². The molecule has 0 aromatic carbocycles. The molecule has 0 atom stereocenters. The molecular formula is C14H23N3O3. The zero-order valence-corrected chi connectivity index (χ0v) is 12.3. The molecule has 3 aliphatic rings. The molecule has 0 bridgehead atoms. The van der Waals surface area contributed by atoms with Gasteiger partial charge in [-0.15, -0.1) is 0 Å². The lowest BCUT2D eigenvalue weighted by Crippen LogP contribution is -2.49. The minimum Gasteiger partial charge on any atom is -0.433 e. The number of cyclic esters (lactones) is 1. The Balaban J connectivity index is 1.46. The van der Waals surface area contributed by atoms with Crippen molar-refractivity contribution in [1.82, 2.24) is 14.7 Å². The Hall–Kier alpha value is -1.14. The van der Waals surface area contributed by atoms with E-state index in [9.17, 15) is 9.59 Å². The zero-order valence-electron chi connectivity index (χ0n) is 12.3. The number of carbonyl (C=O) groups is 2. The van der Waals surface area contributed by atoms with Crippen LogP contribution in [0.5, 0.6) is 0 Å². The van der Waals surface area contributed by atoms with Gasteiger partial charge >= 0.3 is 6.09 Å². The number of rotatable bonds is 4. The van der Waals surface area contributed by atoms with Crippen molar-refractivity contribution in [1.29, 1.82) is 0 Å². The number of carbonyl (C=O) groups excluding carboxylic acids is 2. The lowest BCUT2D eigenvalue weighted by molar-refractivity contribution is -0.134. The first kappa shape index (κ1) is 13.8. The average Bonchev–Trinajstić information content (AvgIpc) is 3.20. The lowest BCUT2D eigenvalue weighted by atomic mass is 10.1. The number of ether oxygens (including phenoxy) is 1. The van der Waals surface area contributed by atoms with Crippen molar-refractivity contribution in [3.05, 3.63) is 0 Å². The van der Waals surface area contributed by atoms with E-state index in [1.165, 1.54) is 17.7 Å². The Labute approximate surface area is 119 Å². The van der Waals surface area contributed by atoms with Gasteiger partial charge in [0.1, 0.15) is 0 Å². The molecule has 3 fully saturated rings. The summed E-state index contributed by atoms with van der Waals surface area (Å²) in [4.78, 5) is 29.8. The monoisotopic (exact) mass is 281 g/mol. The number of amides is 2. The normalized spacial score (nSPS) is 28.0. The number of hydrogen-bond acceptors (Lipinski definition) is 5. The van der Waals surface area contributed by atoms with Crippen LogP contribution in [0.4, 0.5) is 4.79 Å². The van der Waals surface area contributed by atoms with Gasteiger partial charge in [0.2, 0.25) is 0 Å². The van der Waals surface area contributed by atoms with Gasteiger partial charge in [-0.25, -0.2) is 9.69 Å². The third-order valence-corrected chi connectivity index (χ3v) is 4.43. The fraction of sp³-hybridized carbons (Fsp3) is 0.857. The Morgan fingerprint density at radius 3 is 2.25 bits per heavy atom. The van der Waals surface area contributed by atoms with Crippen molar-refractivity contribution in [2.75, 3.05) is 39.3 Å². The molecule has 0 unspecified atom stereocenters. The van der Waals surface area contributed by atoms with Crippen molar-refractivity contribution in [2.24, 2.45) is 0 Å². The van der Waals surface area contributed by atoms with E-state index in [-0.39, 0.29) is 5.91 Å². The highest BCUT2D eigenvalue weighted by atomic mass is 16.6. The van der Waals surface area contributed by atoms with Gasteiger partial charge in [0, 0.05) is 45.3 Å². The van der Waals surface area contributed by atoms with Crippen molar-refractivity contribution < 1.29 is 14.3 Å². The predicted molar refractivity (Wildman–Crippen MR) is 73.3 cm³/mol. The van der Waals surface area contributed by atoms with Crippen molar-refractivity contribution in [3.8, 4) is 0 Å². The van der Waals surface area contributed by atoms with Crippen LogP contribution in [-0.4, -0.2) is 77.6 Å².